The number of aromatic nitrogens is 2. The number of imidazole rings is 1. The Balaban J connectivity index is 2.21. The molecule has 0 saturated heterocycles. The maximum absolute atomic E-state index is 12.5. The van der Waals surface area contributed by atoms with Crippen LogP contribution in [0.1, 0.15) is 39.0 Å². The van der Waals surface area contributed by atoms with Gasteiger partial charge in [0.1, 0.15) is 6.33 Å². The molecule has 0 unspecified atom stereocenters. The van der Waals surface area contributed by atoms with Crippen LogP contribution in [0.15, 0.2) is 24.5 Å². The van der Waals surface area contributed by atoms with Gasteiger partial charge in [-0.15, -0.1) is 0 Å². The molecule has 0 spiro atoms. The maximum Gasteiger partial charge on any atom is 0.358 e. The van der Waals surface area contributed by atoms with Crippen LogP contribution in [0.5, 0.6) is 0 Å². The first-order chi connectivity index (χ1) is 11.1. The first-order valence-electron chi connectivity index (χ1n) is 7.10. The van der Waals surface area contributed by atoms with Gasteiger partial charge < -0.3 is 9.64 Å². The Morgan fingerprint density at radius 1 is 1.48 bits per heavy atom. The number of fused-ring (bicyclic) bond motifs is 3. The second kappa shape index (κ2) is 5.57. The summed E-state index contributed by atoms with van der Waals surface area (Å²) >= 11 is 0. The number of carbonyl (C=O) groups is 2. The lowest BCUT2D eigenvalue weighted by molar-refractivity contribution is 0.0516. The van der Waals surface area contributed by atoms with E-state index in [-0.39, 0.29) is 24.8 Å². The summed E-state index contributed by atoms with van der Waals surface area (Å²) in [5.41, 5.74) is 2.18. The zero-order valence-electron chi connectivity index (χ0n) is 12.7. The number of ether oxygens (including phenoxy) is 1. The van der Waals surface area contributed by atoms with Crippen LogP contribution in [0.2, 0.25) is 0 Å². The Morgan fingerprint density at radius 2 is 2.26 bits per heavy atom. The van der Waals surface area contributed by atoms with Gasteiger partial charge in [0, 0.05) is 7.05 Å². The molecule has 0 fully saturated rings. The van der Waals surface area contributed by atoms with Crippen molar-refractivity contribution in [1.29, 1.82) is 5.26 Å². The molecule has 1 aliphatic heterocycles. The van der Waals surface area contributed by atoms with Gasteiger partial charge in [-0.2, -0.15) is 5.26 Å². The molecule has 0 radical (unpaired) electrons. The highest BCUT2D eigenvalue weighted by molar-refractivity contribution is 5.99. The van der Waals surface area contributed by atoms with E-state index in [9.17, 15) is 9.59 Å². The summed E-state index contributed by atoms with van der Waals surface area (Å²) in [6.07, 6.45) is 1.50. The molecular formula is C16H14N4O3. The third kappa shape index (κ3) is 2.34. The number of rotatable bonds is 2. The van der Waals surface area contributed by atoms with Gasteiger partial charge in [0.2, 0.25) is 0 Å². The Labute approximate surface area is 132 Å². The number of esters is 1. The molecule has 1 aromatic carbocycles. The fraction of sp³-hybridized carbons (Fsp3) is 0.250. The van der Waals surface area contributed by atoms with E-state index in [0.717, 1.165) is 0 Å². The van der Waals surface area contributed by atoms with Crippen molar-refractivity contribution >= 4 is 11.9 Å². The predicted octanol–water partition coefficient (Wildman–Crippen LogP) is 1.51. The van der Waals surface area contributed by atoms with Crippen molar-refractivity contribution < 1.29 is 14.3 Å². The summed E-state index contributed by atoms with van der Waals surface area (Å²) in [6, 6.07) is 6.89. The summed E-state index contributed by atoms with van der Waals surface area (Å²) in [6.45, 7) is 2.20. The Morgan fingerprint density at radius 3 is 2.96 bits per heavy atom. The molecule has 23 heavy (non-hydrogen) atoms. The van der Waals surface area contributed by atoms with Crippen LogP contribution in [0.25, 0.3) is 5.69 Å². The number of nitriles is 1. The fourth-order valence-corrected chi connectivity index (χ4v) is 2.59. The molecule has 1 amide bonds. The molecule has 0 N–H and O–H groups in total. The molecular weight excluding hydrogens is 296 g/mol. The highest BCUT2D eigenvalue weighted by atomic mass is 16.5. The molecule has 0 saturated carbocycles. The van der Waals surface area contributed by atoms with Gasteiger partial charge in [0.15, 0.2) is 5.69 Å². The second-order valence-electron chi connectivity index (χ2n) is 5.14. The zero-order valence-corrected chi connectivity index (χ0v) is 12.7. The molecule has 0 bridgehead atoms. The van der Waals surface area contributed by atoms with Crippen molar-refractivity contribution in [1.82, 2.24) is 14.5 Å². The topological polar surface area (TPSA) is 88.2 Å². The monoisotopic (exact) mass is 310 g/mol. The molecule has 0 atom stereocenters. The quantitative estimate of drug-likeness (QED) is 0.784. The number of hydrogen-bond donors (Lipinski definition) is 0. The SMILES string of the molecule is CCOC(=O)c1ncn2c1CN(C)C(=O)c1cc(C#N)ccc1-2. The van der Waals surface area contributed by atoms with Gasteiger partial charge in [0.05, 0.1) is 41.7 Å². The van der Waals surface area contributed by atoms with Crippen molar-refractivity contribution in [3.05, 3.63) is 47.0 Å². The Kier molecular flexibility index (Phi) is 3.58. The molecule has 7 heteroatoms. The van der Waals surface area contributed by atoms with Gasteiger partial charge in [-0.25, -0.2) is 9.78 Å². The van der Waals surface area contributed by atoms with Crippen molar-refractivity contribution in [3.8, 4) is 11.8 Å². The summed E-state index contributed by atoms with van der Waals surface area (Å²) < 4.78 is 6.72. The van der Waals surface area contributed by atoms with E-state index in [1.165, 1.54) is 11.2 Å². The summed E-state index contributed by atoms with van der Waals surface area (Å²) in [5, 5.41) is 9.04. The molecule has 2 heterocycles. The van der Waals surface area contributed by atoms with E-state index in [4.69, 9.17) is 10.00 Å². The highest BCUT2D eigenvalue weighted by Gasteiger charge is 2.29. The number of amides is 1. The van der Waals surface area contributed by atoms with E-state index in [0.29, 0.717) is 22.5 Å². The van der Waals surface area contributed by atoms with Gasteiger partial charge in [-0.1, -0.05) is 0 Å². The van der Waals surface area contributed by atoms with Gasteiger partial charge in [-0.3, -0.25) is 9.36 Å². The maximum atomic E-state index is 12.5. The van der Waals surface area contributed by atoms with Crippen molar-refractivity contribution in [2.75, 3.05) is 13.7 Å². The number of hydrogen-bond acceptors (Lipinski definition) is 5. The Hall–Kier alpha value is -3.14. The predicted molar refractivity (Wildman–Crippen MR) is 80.0 cm³/mol. The first kappa shape index (κ1) is 14.8. The summed E-state index contributed by atoms with van der Waals surface area (Å²) in [5.74, 6) is -0.727. The molecule has 116 valence electrons. The lowest BCUT2D eigenvalue weighted by Gasteiger charge is -2.14. The summed E-state index contributed by atoms with van der Waals surface area (Å²) in [4.78, 5) is 30.2. The van der Waals surface area contributed by atoms with Crippen LogP contribution in [0.3, 0.4) is 0 Å². The lowest BCUT2D eigenvalue weighted by Crippen LogP contribution is -2.26. The average Bonchev–Trinajstić information content (AvgIpc) is 2.93. The van der Waals surface area contributed by atoms with E-state index >= 15 is 0 Å². The lowest BCUT2D eigenvalue weighted by atomic mass is 10.1. The van der Waals surface area contributed by atoms with Crippen LogP contribution in [0.4, 0.5) is 0 Å². The molecule has 0 aliphatic carbocycles. The standard InChI is InChI=1S/C16H14N4O3/c1-3-23-16(22)14-13-8-19(2)15(21)11-6-10(7-17)4-5-12(11)20(13)9-18-14/h4-6,9H,3,8H2,1-2H3. The van der Waals surface area contributed by atoms with E-state index in [1.54, 1.807) is 36.7 Å². The van der Waals surface area contributed by atoms with Crippen molar-refractivity contribution in [3.63, 3.8) is 0 Å². The molecule has 2 aromatic rings. The summed E-state index contributed by atoms with van der Waals surface area (Å²) in [7, 11) is 1.64. The normalized spacial score (nSPS) is 12.9. The molecule has 7 nitrogen and oxygen atoms in total. The number of carbonyl (C=O) groups excluding carboxylic acids is 2. The average molecular weight is 310 g/mol. The third-order valence-corrected chi connectivity index (χ3v) is 3.68. The van der Waals surface area contributed by atoms with Gasteiger partial charge in [0.25, 0.3) is 5.91 Å². The van der Waals surface area contributed by atoms with Crippen LogP contribution in [0, 0.1) is 11.3 Å². The van der Waals surface area contributed by atoms with Crippen LogP contribution in [-0.4, -0.2) is 40.0 Å². The van der Waals surface area contributed by atoms with Crippen molar-refractivity contribution in [2.45, 2.75) is 13.5 Å². The largest absolute Gasteiger partial charge is 0.461 e. The minimum absolute atomic E-state index is 0.198. The Bertz CT molecular complexity index is 847. The first-order valence-corrected chi connectivity index (χ1v) is 7.10. The van der Waals surface area contributed by atoms with Crippen molar-refractivity contribution in [2.24, 2.45) is 0 Å². The number of benzene rings is 1. The number of nitrogens with zero attached hydrogens (tertiary/aromatic N) is 4. The smallest absolute Gasteiger partial charge is 0.358 e. The van der Waals surface area contributed by atoms with Gasteiger partial charge >= 0.3 is 5.97 Å². The zero-order chi connectivity index (χ0) is 16.6. The van der Waals surface area contributed by atoms with E-state index < -0.39 is 5.97 Å². The van der Waals surface area contributed by atoms with E-state index in [1.807, 2.05) is 6.07 Å². The van der Waals surface area contributed by atoms with Crippen LogP contribution < -0.4 is 0 Å². The van der Waals surface area contributed by atoms with E-state index in [2.05, 4.69) is 4.98 Å². The second-order valence-corrected chi connectivity index (χ2v) is 5.14. The minimum atomic E-state index is -0.515. The van der Waals surface area contributed by atoms with Crippen LogP contribution >= 0.6 is 0 Å². The molecule has 1 aromatic heterocycles. The minimum Gasteiger partial charge on any atom is -0.461 e. The van der Waals surface area contributed by atoms with Crippen LogP contribution in [-0.2, 0) is 11.3 Å². The fourth-order valence-electron chi connectivity index (χ4n) is 2.59. The highest BCUT2D eigenvalue weighted by Crippen LogP contribution is 2.26. The molecule has 1 aliphatic rings. The van der Waals surface area contributed by atoms with Gasteiger partial charge in [-0.05, 0) is 25.1 Å². The molecule has 3 rings (SSSR count). The third-order valence-electron chi connectivity index (χ3n) is 3.68.